The molecular formula is C24H17F3N4O3. The van der Waals surface area contributed by atoms with Gasteiger partial charge in [0.15, 0.2) is 12.4 Å². The molecule has 3 aromatic carbocycles. The molecular weight excluding hydrogens is 449 g/mol. The van der Waals surface area contributed by atoms with Crippen molar-refractivity contribution in [3.63, 3.8) is 0 Å². The van der Waals surface area contributed by atoms with Crippen LogP contribution < -0.4 is 10.1 Å². The van der Waals surface area contributed by atoms with Crippen molar-refractivity contribution in [3.8, 4) is 11.4 Å². The number of rotatable bonds is 7. The standard InChI is InChI=1S/C24H17F3N4O3/c25-24(26,27)18-8-11-21(31-15-28-14-29-31)20(12-18)30-22(32)13-34-19-9-6-17(7-10-19)23(33)16-4-2-1-3-5-16/h1-12,14-15H,13H2,(H,30,32). The number of ether oxygens (including phenoxy) is 1. The fraction of sp³-hybridized carbons (Fsp3) is 0.0833. The Kier molecular flexibility index (Phi) is 6.39. The summed E-state index contributed by atoms with van der Waals surface area (Å²) in [6.07, 6.45) is -2.07. The summed E-state index contributed by atoms with van der Waals surface area (Å²) in [5, 5.41) is 6.32. The highest BCUT2D eigenvalue weighted by molar-refractivity contribution is 6.09. The van der Waals surface area contributed by atoms with Gasteiger partial charge in [-0.1, -0.05) is 30.3 Å². The lowest BCUT2D eigenvalue weighted by atomic mass is 10.0. The summed E-state index contributed by atoms with van der Waals surface area (Å²) < 4.78 is 46.1. The van der Waals surface area contributed by atoms with Crippen molar-refractivity contribution in [2.24, 2.45) is 0 Å². The minimum atomic E-state index is -4.59. The van der Waals surface area contributed by atoms with Gasteiger partial charge in [-0.05, 0) is 42.5 Å². The lowest BCUT2D eigenvalue weighted by Gasteiger charge is -2.14. The highest BCUT2D eigenvalue weighted by atomic mass is 19.4. The molecule has 1 heterocycles. The summed E-state index contributed by atoms with van der Waals surface area (Å²) in [4.78, 5) is 28.6. The molecule has 4 rings (SSSR count). The van der Waals surface area contributed by atoms with E-state index in [1.807, 2.05) is 6.07 Å². The van der Waals surface area contributed by atoms with Gasteiger partial charge in [-0.2, -0.15) is 18.3 Å². The maximum Gasteiger partial charge on any atom is 0.416 e. The topological polar surface area (TPSA) is 86.1 Å². The van der Waals surface area contributed by atoms with Crippen LogP contribution in [0.2, 0.25) is 0 Å². The average Bonchev–Trinajstić information content (AvgIpc) is 3.37. The largest absolute Gasteiger partial charge is 0.484 e. The zero-order valence-electron chi connectivity index (χ0n) is 17.5. The van der Waals surface area contributed by atoms with Gasteiger partial charge in [-0.3, -0.25) is 9.59 Å². The molecule has 0 aliphatic rings. The number of benzene rings is 3. The van der Waals surface area contributed by atoms with Crippen LogP contribution in [0.5, 0.6) is 5.75 Å². The number of alkyl halides is 3. The number of carbonyl (C=O) groups excluding carboxylic acids is 2. The molecule has 0 spiro atoms. The molecule has 7 nitrogen and oxygen atoms in total. The number of aromatic nitrogens is 3. The van der Waals surface area contributed by atoms with Gasteiger partial charge < -0.3 is 10.1 Å². The number of carbonyl (C=O) groups is 2. The minimum absolute atomic E-state index is 0.0993. The van der Waals surface area contributed by atoms with E-state index in [1.54, 1.807) is 36.4 Å². The van der Waals surface area contributed by atoms with Gasteiger partial charge in [0, 0.05) is 11.1 Å². The number of nitrogens with one attached hydrogen (secondary N) is 1. The number of halogens is 3. The Balaban J connectivity index is 1.43. The fourth-order valence-corrected chi connectivity index (χ4v) is 3.14. The second-order valence-corrected chi connectivity index (χ2v) is 7.13. The lowest BCUT2D eigenvalue weighted by molar-refractivity contribution is -0.137. The van der Waals surface area contributed by atoms with E-state index in [2.05, 4.69) is 15.4 Å². The van der Waals surface area contributed by atoms with Gasteiger partial charge in [-0.15, -0.1) is 0 Å². The highest BCUT2D eigenvalue weighted by Crippen LogP contribution is 2.33. The zero-order chi connectivity index (χ0) is 24.1. The third-order valence-corrected chi connectivity index (χ3v) is 4.79. The Morgan fingerprint density at radius 2 is 1.65 bits per heavy atom. The number of nitrogens with zero attached hydrogens (tertiary/aromatic N) is 3. The van der Waals surface area contributed by atoms with E-state index in [0.717, 1.165) is 12.1 Å². The summed E-state index contributed by atoms with van der Waals surface area (Å²) >= 11 is 0. The number of anilines is 1. The van der Waals surface area contributed by atoms with Crippen molar-refractivity contribution >= 4 is 17.4 Å². The zero-order valence-corrected chi connectivity index (χ0v) is 17.5. The Morgan fingerprint density at radius 1 is 0.941 bits per heavy atom. The molecule has 0 bridgehead atoms. The lowest BCUT2D eigenvalue weighted by Crippen LogP contribution is -2.21. The molecule has 0 saturated carbocycles. The Morgan fingerprint density at radius 3 is 2.29 bits per heavy atom. The van der Waals surface area contributed by atoms with Crippen LogP contribution in [0.4, 0.5) is 18.9 Å². The number of hydrogen-bond donors (Lipinski definition) is 1. The Bertz CT molecular complexity index is 1290. The molecule has 0 unspecified atom stereocenters. The highest BCUT2D eigenvalue weighted by Gasteiger charge is 2.31. The summed E-state index contributed by atoms with van der Waals surface area (Å²) in [6, 6.07) is 17.9. The van der Waals surface area contributed by atoms with Crippen LogP contribution in [0.3, 0.4) is 0 Å². The molecule has 172 valence electrons. The molecule has 0 atom stereocenters. The first-order valence-electron chi connectivity index (χ1n) is 10.00. The smallest absolute Gasteiger partial charge is 0.416 e. The molecule has 1 N–H and O–H groups in total. The molecule has 1 amide bonds. The fourth-order valence-electron chi connectivity index (χ4n) is 3.14. The van der Waals surface area contributed by atoms with Gasteiger partial charge in [0.1, 0.15) is 18.4 Å². The monoisotopic (exact) mass is 466 g/mol. The van der Waals surface area contributed by atoms with E-state index < -0.39 is 24.3 Å². The molecule has 4 aromatic rings. The second kappa shape index (κ2) is 9.57. The van der Waals surface area contributed by atoms with Crippen LogP contribution in [0.25, 0.3) is 5.69 Å². The predicted molar refractivity (Wildman–Crippen MR) is 117 cm³/mol. The molecule has 0 aliphatic carbocycles. The van der Waals surface area contributed by atoms with Gasteiger partial charge >= 0.3 is 6.18 Å². The average molecular weight is 466 g/mol. The normalized spacial score (nSPS) is 11.1. The van der Waals surface area contributed by atoms with E-state index in [9.17, 15) is 22.8 Å². The van der Waals surface area contributed by atoms with Crippen molar-refractivity contribution in [1.82, 2.24) is 14.8 Å². The van der Waals surface area contributed by atoms with Gasteiger partial charge in [-0.25, -0.2) is 9.67 Å². The van der Waals surface area contributed by atoms with Crippen molar-refractivity contribution in [3.05, 3.63) is 102 Å². The first-order valence-corrected chi connectivity index (χ1v) is 10.00. The van der Waals surface area contributed by atoms with Crippen molar-refractivity contribution < 1.29 is 27.5 Å². The van der Waals surface area contributed by atoms with Crippen molar-refractivity contribution in [2.75, 3.05) is 11.9 Å². The van der Waals surface area contributed by atoms with E-state index in [-0.39, 0.29) is 17.2 Å². The van der Waals surface area contributed by atoms with Crippen LogP contribution in [0.1, 0.15) is 21.5 Å². The second-order valence-electron chi connectivity index (χ2n) is 7.13. The SMILES string of the molecule is O=C(COc1ccc(C(=O)c2ccccc2)cc1)Nc1cc(C(F)(F)F)ccc1-n1cncn1. The summed E-state index contributed by atoms with van der Waals surface area (Å²) in [5.74, 6) is -0.513. The third kappa shape index (κ3) is 5.29. The quantitative estimate of drug-likeness (QED) is 0.405. The molecule has 0 saturated heterocycles. The Labute approximate surface area is 191 Å². The minimum Gasteiger partial charge on any atom is -0.484 e. The predicted octanol–water partition coefficient (Wildman–Crippen LogP) is 4.53. The maximum absolute atomic E-state index is 13.2. The Hall–Kier alpha value is -4.47. The van der Waals surface area contributed by atoms with Crippen LogP contribution in [0, 0.1) is 0 Å². The summed E-state index contributed by atoms with van der Waals surface area (Å²) in [7, 11) is 0. The van der Waals surface area contributed by atoms with Gasteiger partial charge in [0.2, 0.25) is 0 Å². The molecule has 0 aliphatic heterocycles. The van der Waals surface area contributed by atoms with Crippen molar-refractivity contribution in [2.45, 2.75) is 6.18 Å². The summed E-state index contributed by atoms with van der Waals surface area (Å²) in [5.41, 5.74) is 0.177. The van der Waals surface area contributed by atoms with Crippen LogP contribution in [-0.2, 0) is 11.0 Å². The van der Waals surface area contributed by atoms with Gasteiger partial charge in [0.05, 0.1) is 16.9 Å². The first kappa shape index (κ1) is 22.7. The molecule has 1 aromatic heterocycles. The summed E-state index contributed by atoms with van der Waals surface area (Å²) in [6.45, 7) is -0.459. The third-order valence-electron chi connectivity index (χ3n) is 4.79. The van der Waals surface area contributed by atoms with Gasteiger partial charge in [0.25, 0.3) is 5.91 Å². The van der Waals surface area contributed by atoms with Crippen LogP contribution in [-0.4, -0.2) is 33.1 Å². The molecule has 10 heteroatoms. The number of amides is 1. The van der Waals surface area contributed by atoms with Crippen LogP contribution >= 0.6 is 0 Å². The first-order chi connectivity index (χ1) is 16.3. The molecule has 34 heavy (non-hydrogen) atoms. The maximum atomic E-state index is 13.2. The molecule has 0 fully saturated rings. The van der Waals surface area contributed by atoms with E-state index in [4.69, 9.17) is 4.74 Å². The van der Waals surface area contributed by atoms with Crippen LogP contribution in [0.15, 0.2) is 85.5 Å². The number of hydrogen-bond acceptors (Lipinski definition) is 5. The molecule has 0 radical (unpaired) electrons. The van der Waals surface area contributed by atoms with E-state index in [1.165, 1.54) is 35.5 Å². The van der Waals surface area contributed by atoms with E-state index >= 15 is 0 Å². The van der Waals surface area contributed by atoms with Crippen molar-refractivity contribution in [1.29, 1.82) is 0 Å². The van der Waals surface area contributed by atoms with E-state index in [0.29, 0.717) is 16.9 Å². The number of ketones is 1.